The van der Waals surface area contributed by atoms with Crippen LogP contribution in [0.2, 0.25) is 0 Å². The molecule has 18 heavy (non-hydrogen) atoms. The number of nitrogens with one attached hydrogen (secondary N) is 2. The minimum absolute atomic E-state index is 0.0125. The molecule has 1 unspecified atom stereocenters. The Hall–Kier alpha value is -1.88. The highest BCUT2D eigenvalue weighted by Gasteiger charge is 2.17. The number of rotatable bonds is 4. The zero-order valence-corrected chi connectivity index (χ0v) is 10.9. The fourth-order valence-corrected chi connectivity index (χ4v) is 1.72. The number of primary amides is 1. The van der Waals surface area contributed by atoms with Gasteiger partial charge in [0.1, 0.15) is 0 Å². The molecule has 0 aliphatic carbocycles. The minimum Gasteiger partial charge on any atom is -0.351 e. The molecule has 3 amide bonds. The van der Waals surface area contributed by atoms with Crippen LogP contribution < -0.4 is 16.4 Å². The van der Waals surface area contributed by atoms with Gasteiger partial charge >= 0.3 is 6.03 Å². The second kappa shape index (κ2) is 6.16. The van der Waals surface area contributed by atoms with Gasteiger partial charge in [-0.3, -0.25) is 15.4 Å². The van der Waals surface area contributed by atoms with Crippen LogP contribution in [0.25, 0.3) is 0 Å². The Morgan fingerprint density at radius 3 is 2.50 bits per heavy atom. The monoisotopic (exact) mass is 249 g/mol. The molecule has 0 spiro atoms. The van der Waals surface area contributed by atoms with Gasteiger partial charge in [0.2, 0.25) is 5.91 Å². The predicted molar refractivity (Wildman–Crippen MR) is 69.9 cm³/mol. The van der Waals surface area contributed by atoms with Crippen LogP contribution >= 0.6 is 0 Å². The molecule has 0 aliphatic heterocycles. The number of nitrogens with two attached hydrogens (primary N) is 1. The Morgan fingerprint density at radius 1 is 1.28 bits per heavy atom. The van der Waals surface area contributed by atoms with Crippen molar-refractivity contribution in [1.29, 1.82) is 0 Å². The Bertz CT molecular complexity index is 446. The number of benzene rings is 1. The topological polar surface area (TPSA) is 84.2 Å². The van der Waals surface area contributed by atoms with Gasteiger partial charge in [-0.05, 0) is 26.3 Å². The van der Waals surface area contributed by atoms with Crippen LogP contribution in [0.3, 0.4) is 0 Å². The highest BCUT2D eigenvalue weighted by atomic mass is 16.2. The van der Waals surface area contributed by atoms with E-state index in [-0.39, 0.29) is 6.04 Å². The average molecular weight is 249 g/mol. The van der Waals surface area contributed by atoms with Crippen LogP contribution in [0.15, 0.2) is 24.3 Å². The molecule has 0 radical (unpaired) electrons. The van der Waals surface area contributed by atoms with Gasteiger partial charge < -0.3 is 5.73 Å². The van der Waals surface area contributed by atoms with Gasteiger partial charge in [0.05, 0.1) is 6.04 Å². The number of urea groups is 1. The molecule has 0 heterocycles. The van der Waals surface area contributed by atoms with Crippen molar-refractivity contribution >= 4 is 11.9 Å². The fourth-order valence-electron chi connectivity index (χ4n) is 1.72. The summed E-state index contributed by atoms with van der Waals surface area (Å²) in [4.78, 5) is 22.1. The first-order chi connectivity index (χ1) is 8.40. The maximum Gasteiger partial charge on any atom is 0.318 e. The van der Waals surface area contributed by atoms with E-state index in [0.717, 1.165) is 11.1 Å². The standard InChI is InChI=1S/C13H19N3O2/c1-8-5-4-6-11(7-8)9(2)15-10(3)12(17)16-13(14)18/h4-7,9-10,15H,1-3H3,(H3,14,16,17,18)/t9-,10?/m0/s1. The van der Waals surface area contributed by atoms with Crippen LogP contribution in [-0.2, 0) is 4.79 Å². The van der Waals surface area contributed by atoms with Crippen molar-refractivity contribution in [2.45, 2.75) is 32.9 Å². The molecule has 0 saturated heterocycles. The summed E-state index contributed by atoms with van der Waals surface area (Å²) in [6.07, 6.45) is 0. The van der Waals surface area contributed by atoms with Crippen LogP contribution in [0.5, 0.6) is 0 Å². The van der Waals surface area contributed by atoms with Gasteiger partial charge in [-0.25, -0.2) is 4.79 Å². The predicted octanol–water partition coefficient (Wildman–Crippen LogP) is 1.23. The van der Waals surface area contributed by atoms with Gasteiger partial charge in [0.15, 0.2) is 0 Å². The Morgan fingerprint density at radius 2 is 1.94 bits per heavy atom. The number of carbonyl (C=O) groups excluding carboxylic acids is 2. The van der Waals surface area contributed by atoms with Gasteiger partial charge in [-0.15, -0.1) is 0 Å². The summed E-state index contributed by atoms with van der Waals surface area (Å²) >= 11 is 0. The van der Waals surface area contributed by atoms with Gasteiger partial charge in [-0.2, -0.15) is 0 Å². The first-order valence-corrected chi connectivity index (χ1v) is 5.83. The van der Waals surface area contributed by atoms with Gasteiger partial charge in [-0.1, -0.05) is 29.8 Å². The molecular formula is C13H19N3O2. The highest BCUT2D eigenvalue weighted by molar-refractivity contribution is 5.96. The molecule has 98 valence electrons. The van der Waals surface area contributed by atoms with Crippen molar-refractivity contribution in [2.24, 2.45) is 5.73 Å². The Labute approximate surface area is 107 Å². The van der Waals surface area contributed by atoms with E-state index in [1.807, 2.05) is 37.4 Å². The van der Waals surface area contributed by atoms with Crippen LogP contribution in [0.4, 0.5) is 4.79 Å². The summed E-state index contributed by atoms with van der Waals surface area (Å²) < 4.78 is 0. The summed E-state index contributed by atoms with van der Waals surface area (Å²) in [7, 11) is 0. The van der Waals surface area contributed by atoms with Crippen LogP contribution in [-0.4, -0.2) is 18.0 Å². The number of hydrogen-bond acceptors (Lipinski definition) is 3. The van der Waals surface area contributed by atoms with E-state index in [9.17, 15) is 9.59 Å². The number of aryl methyl sites for hydroxylation is 1. The molecule has 4 N–H and O–H groups in total. The van der Waals surface area contributed by atoms with E-state index < -0.39 is 18.0 Å². The molecule has 0 fully saturated rings. The third kappa shape index (κ3) is 4.18. The van der Waals surface area contributed by atoms with E-state index in [2.05, 4.69) is 11.4 Å². The third-order valence-electron chi connectivity index (χ3n) is 2.68. The Balaban J connectivity index is 2.61. The Kier molecular flexibility index (Phi) is 4.85. The zero-order valence-electron chi connectivity index (χ0n) is 10.9. The third-order valence-corrected chi connectivity index (χ3v) is 2.68. The number of carbonyl (C=O) groups is 2. The summed E-state index contributed by atoms with van der Waals surface area (Å²) in [5, 5.41) is 5.16. The van der Waals surface area contributed by atoms with Crippen LogP contribution in [0.1, 0.15) is 31.0 Å². The SMILES string of the molecule is Cc1cccc([C@H](C)NC(C)C(=O)NC(N)=O)c1. The average Bonchev–Trinajstić information content (AvgIpc) is 2.27. The van der Waals surface area contributed by atoms with Crippen molar-refractivity contribution < 1.29 is 9.59 Å². The molecule has 0 aliphatic rings. The molecule has 0 bridgehead atoms. The van der Waals surface area contributed by atoms with Crippen molar-refractivity contribution in [3.63, 3.8) is 0 Å². The zero-order chi connectivity index (χ0) is 13.7. The lowest BCUT2D eigenvalue weighted by atomic mass is 10.1. The van der Waals surface area contributed by atoms with Gasteiger partial charge in [0.25, 0.3) is 0 Å². The maximum atomic E-state index is 11.5. The van der Waals surface area contributed by atoms with Gasteiger partial charge in [0, 0.05) is 6.04 Å². The second-order valence-corrected chi connectivity index (χ2v) is 4.38. The smallest absolute Gasteiger partial charge is 0.318 e. The van der Waals surface area contributed by atoms with Crippen molar-refractivity contribution in [1.82, 2.24) is 10.6 Å². The molecule has 1 rings (SSSR count). The summed E-state index contributed by atoms with van der Waals surface area (Å²) in [5.74, 6) is -0.429. The normalized spacial score (nSPS) is 13.7. The van der Waals surface area contributed by atoms with Crippen LogP contribution in [0, 0.1) is 6.92 Å². The van der Waals surface area contributed by atoms with Crippen molar-refractivity contribution in [3.8, 4) is 0 Å². The lowest BCUT2D eigenvalue weighted by molar-refractivity contribution is -0.121. The number of imide groups is 1. The van der Waals surface area contributed by atoms with E-state index in [4.69, 9.17) is 5.73 Å². The molecule has 1 aromatic carbocycles. The number of amides is 3. The van der Waals surface area contributed by atoms with Crippen molar-refractivity contribution in [2.75, 3.05) is 0 Å². The minimum atomic E-state index is -0.836. The number of hydrogen-bond donors (Lipinski definition) is 3. The van der Waals surface area contributed by atoms with Crippen molar-refractivity contribution in [3.05, 3.63) is 35.4 Å². The summed E-state index contributed by atoms with van der Waals surface area (Å²) in [6.45, 7) is 5.66. The maximum absolute atomic E-state index is 11.5. The second-order valence-electron chi connectivity index (χ2n) is 4.38. The first kappa shape index (κ1) is 14.2. The largest absolute Gasteiger partial charge is 0.351 e. The lowest BCUT2D eigenvalue weighted by Gasteiger charge is -2.19. The molecule has 0 saturated carbocycles. The molecular weight excluding hydrogens is 230 g/mol. The van der Waals surface area contributed by atoms with E-state index in [1.165, 1.54) is 0 Å². The van der Waals surface area contributed by atoms with E-state index >= 15 is 0 Å². The quantitative estimate of drug-likeness (QED) is 0.750. The molecule has 1 aromatic rings. The first-order valence-electron chi connectivity index (χ1n) is 5.83. The molecule has 5 nitrogen and oxygen atoms in total. The summed E-state index contributed by atoms with van der Waals surface area (Å²) in [6, 6.07) is 6.71. The molecule has 5 heteroatoms. The molecule has 2 atom stereocenters. The fraction of sp³-hybridized carbons (Fsp3) is 0.385. The lowest BCUT2D eigenvalue weighted by Crippen LogP contribution is -2.47. The summed E-state index contributed by atoms with van der Waals surface area (Å²) in [5.41, 5.74) is 7.15. The van der Waals surface area contributed by atoms with E-state index in [0.29, 0.717) is 0 Å². The van der Waals surface area contributed by atoms with E-state index in [1.54, 1.807) is 6.92 Å². The highest BCUT2D eigenvalue weighted by Crippen LogP contribution is 2.14. The molecule has 0 aromatic heterocycles.